The fourth-order valence-corrected chi connectivity index (χ4v) is 2.39. The molecule has 7 heteroatoms. The molecule has 104 valence electrons. The molecule has 0 radical (unpaired) electrons. The SMILES string of the molecule is CCOC(CNS(=O)(=O)NC(C)(C)C)OCC. The lowest BCUT2D eigenvalue weighted by atomic mass is 10.1. The van der Waals surface area contributed by atoms with E-state index in [1.807, 2.05) is 13.8 Å². The van der Waals surface area contributed by atoms with Crippen molar-refractivity contribution in [2.24, 2.45) is 0 Å². The van der Waals surface area contributed by atoms with E-state index in [0.717, 1.165) is 0 Å². The van der Waals surface area contributed by atoms with Crippen molar-refractivity contribution in [3.05, 3.63) is 0 Å². The molecule has 0 heterocycles. The topological polar surface area (TPSA) is 76.7 Å². The Morgan fingerprint density at radius 1 is 1.12 bits per heavy atom. The Bertz CT molecular complexity index is 292. The third kappa shape index (κ3) is 9.49. The van der Waals surface area contributed by atoms with Gasteiger partial charge in [0.2, 0.25) is 0 Å². The monoisotopic (exact) mass is 268 g/mol. The quantitative estimate of drug-likeness (QED) is 0.632. The fourth-order valence-electron chi connectivity index (χ4n) is 1.15. The molecule has 0 bridgehead atoms. The molecule has 0 amide bonds. The molecule has 6 nitrogen and oxygen atoms in total. The summed E-state index contributed by atoms with van der Waals surface area (Å²) in [6.45, 7) is 10.0. The van der Waals surface area contributed by atoms with Gasteiger partial charge < -0.3 is 9.47 Å². The van der Waals surface area contributed by atoms with Crippen LogP contribution in [0.15, 0.2) is 0 Å². The molecule has 0 aromatic carbocycles. The maximum Gasteiger partial charge on any atom is 0.277 e. The smallest absolute Gasteiger partial charge is 0.277 e. The number of hydrogen-bond acceptors (Lipinski definition) is 4. The van der Waals surface area contributed by atoms with Crippen molar-refractivity contribution in [1.82, 2.24) is 9.44 Å². The van der Waals surface area contributed by atoms with Crippen LogP contribution in [0.25, 0.3) is 0 Å². The molecule has 0 aromatic heterocycles. The van der Waals surface area contributed by atoms with Crippen LogP contribution in [0.4, 0.5) is 0 Å². The molecule has 0 aliphatic rings. The van der Waals surface area contributed by atoms with Gasteiger partial charge in [0.1, 0.15) is 0 Å². The fraction of sp³-hybridized carbons (Fsp3) is 1.00. The minimum absolute atomic E-state index is 0.0904. The van der Waals surface area contributed by atoms with Crippen LogP contribution in [0.2, 0.25) is 0 Å². The van der Waals surface area contributed by atoms with E-state index in [1.54, 1.807) is 20.8 Å². The van der Waals surface area contributed by atoms with Crippen LogP contribution >= 0.6 is 0 Å². The third-order valence-corrected chi connectivity index (χ3v) is 3.01. The molecular formula is C10H24N2O4S. The zero-order chi connectivity index (χ0) is 13.5. The van der Waals surface area contributed by atoms with Gasteiger partial charge in [-0.1, -0.05) is 0 Å². The number of rotatable bonds is 8. The molecular weight excluding hydrogens is 244 g/mol. The van der Waals surface area contributed by atoms with Crippen molar-refractivity contribution in [3.8, 4) is 0 Å². The highest BCUT2D eigenvalue weighted by Crippen LogP contribution is 2.01. The third-order valence-electron chi connectivity index (χ3n) is 1.59. The van der Waals surface area contributed by atoms with E-state index in [9.17, 15) is 8.42 Å². The predicted molar refractivity (Wildman–Crippen MR) is 66.9 cm³/mol. The summed E-state index contributed by atoms with van der Waals surface area (Å²) in [5.41, 5.74) is -0.515. The average molecular weight is 268 g/mol. The average Bonchev–Trinajstić information content (AvgIpc) is 2.11. The molecule has 0 saturated heterocycles. The molecule has 17 heavy (non-hydrogen) atoms. The van der Waals surface area contributed by atoms with Crippen molar-refractivity contribution < 1.29 is 17.9 Å². The Morgan fingerprint density at radius 3 is 1.94 bits per heavy atom. The molecule has 0 fully saturated rings. The summed E-state index contributed by atoms with van der Waals surface area (Å²) < 4.78 is 38.6. The van der Waals surface area contributed by atoms with Crippen LogP contribution in [0.5, 0.6) is 0 Å². The van der Waals surface area contributed by atoms with Crippen molar-refractivity contribution in [1.29, 1.82) is 0 Å². The molecule has 0 aliphatic carbocycles. The number of ether oxygens (including phenoxy) is 2. The Balaban J connectivity index is 4.23. The van der Waals surface area contributed by atoms with Crippen LogP contribution in [0, 0.1) is 0 Å². The van der Waals surface area contributed by atoms with Gasteiger partial charge in [0.15, 0.2) is 6.29 Å². The van der Waals surface area contributed by atoms with Gasteiger partial charge in [0, 0.05) is 18.8 Å². The lowest BCUT2D eigenvalue weighted by Gasteiger charge is -2.22. The number of nitrogens with one attached hydrogen (secondary N) is 2. The van der Waals surface area contributed by atoms with Gasteiger partial charge in [0.25, 0.3) is 10.2 Å². The lowest BCUT2D eigenvalue weighted by molar-refractivity contribution is -0.130. The van der Waals surface area contributed by atoms with Gasteiger partial charge in [-0.05, 0) is 34.6 Å². The first kappa shape index (κ1) is 16.8. The van der Waals surface area contributed by atoms with E-state index >= 15 is 0 Å². The predicted octanol–water partition coefficient (Wildman–Crippen LogP) is 0.608. The van der Waals surface area contributed by atoms with E-state index in [4.69, 9.17) is 9.47 Å². The summed E-state index contributed by atoms with van der Waals surface area (Å²) in [7, 11) is -3.53. The van der Waals surface area contributed by atoms with Gasteiger partial charge in [-0.3, -0.25) is 0 Å². The Kier molecular flexibility index (Phi) is 7.18. The van der Waals surface area contributed by atoms with Crippen molar-refractivity contribution in [3.63, 3.8) is 0 Å². The lowest BCUT2D eigenvalue weighted by Crippen LogP contribution is -2.49. The molecule has 0 aliphatic heterocycles. The van der Waals surface area contributed by atoms with Gasteiger partial charge in [-0.25, -0.2) is 0 Å². The summed E-state index contributed by atoms with van der Waals surface area (Å²) >= 11 is 0. The second-order valence-electron chi connectivity index (χ2n) is 4.54. The van der Waals surface area contributed by atoms with E-state index < -0.39 is 22.0 Å². The second kappa shape index (κ2) is 7.27. The Hall–Kier alpha value is -0.210. The highest BCUT2D eigenvalue weighted by atomic mass is 32.2. The summed E-state index contributed by atoms with van der Waals surface area (Å²) in [5, 5.41) is 0. The van der Waals surface area contributed by atoms with Crippen LogP contribution in [0.3, 0.4) is 0 Å². The Morgan fingerprint density at radius 2 is 1.59 bits per heavy atom. The van der Waals surface area contributed by atoms with Gasteiger partial charge in [0.05, 0.1) is 6.54 Å². The molecule has 0 unspecified atom stereocenters. The molecule has 0 saturated carbocycles. The zero-order valence-electron chi connectivity index (χ0n) is 11.2. The molecule has 0 atom stereocenters. The zero-order valence-corrected chi connectivity index (χ0v) is 12.1. The van der Waals surface area contributed by atoms with E-state index in [2.05, 4.69) is 9.44 Å². The molecule has 2 N–H and O–H groups in total. The van der Waals surface area contributed by atoms with Gasteiger partial charge in [-0.15, -0.1) is 0 Å². The van der Waals surface area contributed by atoms with E-state index in [-0.39, 0.29) is 6.54 Å². The highest BCUT2D eigenvalue weighted by Gasteiger charge is 2.20. The highest BCUT2D eigenvalue weighted by molar-refractivity contribution is 7.87. The van der Waals surface area contributed by atoms with Crippen LogP contribution in [0.1, 0.15) is 34.6 Å². The summed E-state index contributed by atoms with van der Waals surface area (Å²) in [4.78, 5) is 0. The first-order valence-corrected chi connectivity index (χ1v) is 7.20. The first-order chi connectivity index (χ1) is 7.70. The largest absolute Gasteiger partial charge is 0.352 e. The standard InChI is InChI=1S/C10H24N2O4S/c1-6-15-9(16-7-2)8-11-17(13,14)12-10(3,4)5/h9,11-12H,6-8H2,1-5H3. The van der Waals surface area contributed by atoms with Crippen molar-refractivity contribution >= 4 is 10.2 Å². The molecule has 0 rings (SSSR count). The van der Waals surface area contributed by atoms with Gasteiger partial charge >= 0.3 is 0 Å². The van der Waals surface area contributed by atoms with E-state index in [0.29, 0.717) is 13.2 Å². The summed E-state index contributed by atoms with van der Waals surface area (Å²) in [6.07, 6.45) is -0.554. The van der Waals surface area contributed by atoms with E-state index in [1.165, 1.54) is 0 Å². The molecule has 0 aromatic rings. The first-order valence-electron chi connectivity index (χ1n) is 5.72. The maximum atomic E-state index is 11.6. The normalized spacial score (nSPS) is 13.3. The minimum Gasteiger partial charge on any atom is -0.352 e. The minimum atomic E-state index is -3.53. The molecule has 0 spiro atoms. The van der Waals surface area contributed by atoms with Crippen LogP contribution < -0.4 is 9.44 Å². The van der Waals surface area contributed by atoms with Crippen molar-refractivity contribution in [2.75, 3.05) is 19.8 Å². The summed E-state index contributed by atoms with van der Waals surface area (Å²) in [6, 6.07) is 0. The van der Waals surface area contributed by atoms with Gasteiger partial charge in [-0.2, -0.15) is 17.9 Å². The van der Waals surface area contributed by atoms with Crippen LogP contribution in [-0.2, 0) is 19.7 Å². The number of hydrogen-bond donors (Lipinski definition) is 2. The van der Waals surface area contributed by atoms with Crippen LogP contribution in [-0.4, -0.2) is 40.0 Å². The second-order valence-corrected chi connectivity index (χ2v) is 6.04. The maximum absolute atomic E-state index is 11.6. The Labute approximate surface area is 104 Å². The summed E-state index contributed by atoms with van der Waals surface area (Å²) in [5.74, 6) is 0. The van der Waals surface area contributed by atoms with Crippen molar-refractivity contribution in [2.45, 2.75) is 46.4 Å².